The van der Waals surface area contributed by atoms with Crippen molar-refractivity contribution in [2.75, 3.05) is 25.1 Å². The maximum absolute atomic E-state index is 5.40. The minimum atomic E-state index is 0.580. The first kappa shape index (κ1) is 10.3. The predicted octanol–water partition coefficient (Wildman–Crippen LogP) is 3.03. The lowest BCUT2D eigenvalue weighted by atomic mass is 10.0. The van der Waals surface area contributed by atoms with E-state index in [-0.39, 0.29) is 0 Å². The fraction of sp³-hybridized carbons (Fsp3) is 0.538. The molecule has 0 amide bonds. The summed E-state index contributed by atoms with van der Waals surface area (Å²) in [4.78, 5) is 2.38. The third-order valence-electron chi connectivity index (χ3n) is 3.07. The van der Waals surface area contributed by atoms with Gasteiger partial charge in [0.2, 0.25) is 0 Å². The van der Waals surface area contributed by atoms with Crippen LogP contribution < -0.4 is 9.64 Å². The maximum atomic E-state index is 5.40. The summed E-state index contributed by atoms with van der Waals surface area (Å²) in [6.45, 7) is 6.78. The number of ether oxygens (including phenoxy) is 1. The molecule has 2 nitrogen and oxygen atoms in total. The fourth-order valence-electron chi connectivity index (χ4n) is 1.87. The van der Waals surface area contributed by atoms with Crippen molar-refractivity contribution in [2.45, 2.75) is 26.2 Å². The second kappa shape index (κ2) is 4.13. The third kappa shape index (κ3) is 1.94. The van der Waals surface area contributed by atoms with Crippen LogP contribution in [0.15, 0.2) is 18.2 Å². The molecule has 2 rings (SSSR count). The summed E-state index contributed by atoms with van der Waals surface area (Å²) in [5, 5.41) is 0. The van der Waals surface area contributed by atoms with E-state index >= 15 is 0 Å². The molecule has 2 heteroatoms. The lowest BCUT2D eigenvalue weighted by Crippen LogP contribution is -2.37. The van der Waals surface area contributed by atoms with Gasteiger partial charge in [0, 0.05) is 13.1 Å². The maximum Gasteiger partial charge on any atom is 0.142 e. The Morgan fingerprint density at radius 1 is 1.27 bits per heavy atom. The van der Waals surface area contributed by atoms with E-state index in [9.17, 15) is 0 Å². The molecule has 1 fully saturated rings. The topological polar surface area (TPSA) is 12.5 Å². The van der Waals surface area contributed by atoms with Crippen molar-refractivity contribution in [3.05, 3.63) is 23.8 Å². The van der Waals surface area contributed by atoms with Crippen LogP contribution in [0.25, 0.3) is 0 Å². The molecule has 1 heterocycles. The molecule has 82 valence electrons. The van der Waals surface area contributed by atoms with E-state index in [0.29, 0.717) is 5.92 Å². The van der Waals surface area contributed by atoms with Gasteiger partial charge in [-0.2, -0.15) is 0 Å². The molecule has 0 bridgehead atoms. The predicted molar refractivity (Wildman–Crippen MR) is 63.9 cm³/mol. The molecular weight excluding hydrogens is 186 g/mol. The molecule has 0 aromatic heterocycles. The monoisotopic (exact) mass is 205 g/mol. The number of hydrogen-bond acceptors (Lipinski definition) is 2. The van der Waals surface area contributed by atoms with Crippen molar-refractivity contribution < 1.29 is 4.74 Å². The largest absolute Gasteiger partial charge is 0.495 e. The molecule has 1 aliphatic rings. The van der Waals surface area contributed by atoms with Crippen molar-refractivity contribution in [2.24, 2.45) is 0 Å². The van der Waals surface area contributed by atoms with Crippen molar-refractivity contribution in [1.82, 2.24) is 0 Å². The molecule has 0 atom stereocenters. The standard InChI is InChI=1S/C13H19NO/c1-10(2)11-5-6-13(15-3)12(9-11)14-7-4-8-14/h5-6,9-10H,4,7-8H2,1-3H3. The average molecular weight is 205 g/mol. The normalized spacial score (nSPS) is 15.3. The van der Waals surface area contributed by atoms with Crippen molar-refractivity contribution in [3.63, 3.8) is 0 Å². The van der Waals surface area contributed by atoms with Gasteiger partial charge in [-0.3, -0.25) is 0 Å². The number of anilines is 1. The number of nitrogens with zero attached hydrogens (tertiary/aromatic N) is 1. The van der Waals surface area contributed by atoms with Crippen LogP contribution in [-0.4, -0.2) is 20.2 Å². The molecule has 0 radical (unpaired) electrons. The van der Waals surface area contributed by atoms with Gasteiger partial charge < -0.3 is 9.64 Å². The first-order valence-corrected chi connectivity index (χ1v) is 5.65. The smallest absolute Gasteiger partial charge is 0.142 e. The summed E-state index contributed by atoms with van der Waals surface area (Å²) in [7, 11) is 1.74. The van der Waals surface area contributed by atoms with E-state index in [1.807, 2.05) is 0 Å². The molecular formula is C13H19NO. The van der Waals surface area contributed by atoms with Crippen molar-refractivity contribution in [1.29, 1.82) is 0 Å². The first-order valence-electron chi connectivity index (χ1n) is 5.65. The highest BCUT2D eigenvalue weighted by Crippen LogP contribution is 2.34. The van der Waals surface area contributed by atoms with Gasteiger partial charge in [0.25, 0.3) is 0 Å². The molecule has 1 aromatic carbocycles. The molecule has 1 aromatic rings. The average Bonchev–Trinajstić information content (AvgIpc) is 2.15. The zero-order chi connectivity index (χ0) is 10.8. The number of methoxy groups -OCH3 is 1. The van der Waals surface area contributed by atoms with Crippen molar-refractivity contribution >= 4 is 5.69 Å². The Kier molecular flexibility index (Phi) is 2.85. The van der Waals surface area contributed by atoms with Gasteiger partial charge in [-0.1, -0.05) is 19.9 Å². The van der Waals surface area contributed by atoms with Crippen LogP contribution in [-0.2, 0) is 0 Å². The number of benzene rings is 1. The summed E-state index contributed by atoms with van der Waals surface area (Å²) in [5.74, 6) is 1.58. The van der Waals surface area contributed by atoms with Crippen molar-refractivity contribution in [3.8, 4) is 5.75 Å². The Morgan fingerprint density at radius 3 is 2.47 bits per heavy atom. The molecule has 0 spiro atoms. The van der Waals surface area contributed by atoms with Crippen LogP contribution >= 0.6 is 0 Å². The Labute approximate surface area is 91.9 Å². The van der Waals surface area contributed by atoms with Crippen LogP contribution in [0.5, 0.6) is 5.75 Å². The van der Waals surface area contributed by atoms with Crippen LogP contribution in [0.2, 0.25) is 0 Å². The van der Waals surface area contributed by atoms with E-state index in [0.717, 1.165) is 18.8 Å². The molecule has 1 aliphatic heterocycles. The number of hydrogen-bond donors (Lipinski definition) is 0. The van der Waals surface area contributed by atoms with Crippen LogP contribution in [0, 0.1) is 0 Å². The summed E-state index contributed by atoms with van der Waals surface area (Å²) in [6, 6.07) is 6.51. The second-order valence-corrected chi connectivity index (χ2v) is 4.43. The highest BCUT2D eigenvalue weighted by atomic mass is 16.5. The zero-order valence-corrected chi connectivity index (χ0v) is 9.79. The summed E-state index contributed by atoms with van der Waals surface area (Å²) >= 11 is 0. The molecule has 1 saturated heterocycles. The summed E-state index contributed by atoms with van der Waals surface area (Å²) in [6.07, 6.45) is 1.30. The van der Waals surface area contributed by atoms with Gasteiger partial charge in [-0.25, -0.2) is 0 Å². The van der Waals surface area contributed by atoms with Crippen LogP contribution in [0.3, 0.4) is 0 Å². The van der Waals surface area contributed by atoms with Gasteiger partial charge in [0.05, 0.1) is 12.8 Å². The van der Waals surface area contributed by atoms with Crippen LogP contribution in [0.1, 0.15) is 31.7 Å². The minimum Gasteiger partial charge on any atom is -0.495 e. The highest BCUT2D eigenvalue weighted by Gasteiger charge is 2.19. The summed E-state index contributed by atoms with van der Waals surface area (Å²) in [5.41, 5.74) is 2.65. The second-order valence-electron chi connectivity index (χ2n) is 4.43. The quantitative estimate of drug-likeness (QED) is 0.752. The van der Waals surface area contributed by atoms with E-state index < -0.39 is 0 Å². The lowest BCUT2D eigenvalue weighted by Gasteiger charge is -2.34. The van der Waals surface area contributed by atoms with Gasteiger partial charge >= 0.3 is 0 Å². The van der Waals surface area contributed by atoms with Crippen LogP contribution in [0.4, 0.5) is 5.69 Å². The SMILES string of the molecule is COc1ccc(C(C)C)cc1N1CCC1. The molecule has 0 unspecified atom stereocenters. The first-order chi connectivity index (χ1) is 7.22. The minimum absolute atomic E-state index is 0.580. The highest BCUT2D eigenvalue weighted by molar-refractivity contribution is 5.61. The van der Waals surface area contributed by atoms with Gasteiger partial charge in [-0.05, 0) is 30.0 Å². The molecule has 0 saturated carbocycles. The fourth-order valence-corrected chi connectivity index (χ4v) is 1.87. The van der Waals surface area contributed by atoms with Gasteiger partial charge in [0.1, 0.15) is 5.75 Å². The lowest BCUT2D eigenvalue weighted by molar-refractivity contribution is 0.411. The van der Waals surface area contributed by atoms with E-state index in [4.69, 9.17) is 4.74 Å². The third-order valence-corrected chi connectivity index (χ3v) is 3.07. The Morgan fingerprint density at radius 2 is 2.00 bits per heavy atom. The Bertz CT molecular complexity index is 342. The Balaban J connectivity index is 2.33. The number of rotatable bonds is 3. The molecule has 0 aliphatic carbocycles. The Hall–Kier alpha value is -1.18. The van der Waals surface area contributed by atoms with E-state index in [2.05, 4.69) is 36.9 Å². The van der Waals surface area contributed by atoms with Gasteiger partial charge in [0.15, 0.2) is 0 Å². The molecule has 15 heavy (non-hydrogen) atoms. The molecule has 0 N–H and O–H groups in total. The van der Waals surface area contributed by atoms with E-state index in [1.165, 1.54) is 17.7 Å². The van der Waals surface area contributed by atoms with E-state index in [1.54, 1.807) is 7.11 Å². The van der Waals surface area contributed by atoms with Gasteiger partial charge in [-0.15, -0.1) is 0 Å². The zero-order valence-electron chi connectivity index (χ0n) is 9.79. The summed E-state index contributed by atoms with van der Waals surface area (Å²) < 4.78 is 5.40.